The minimum atomic E-state index is -0.547. The van der Waals surface area contributed by atoms with Gasteiger partial charge in [-0.1, -0.05) is 12.1 Å². The SMILES string of the molecule is CC(C)NC(=O)c1csc(CN(C(=O)c2ccccc2F)C(C)C)n1. The van der Waals surface area contributed by atoms with E-state index in [4.69, 9.17) is 0 Å². The van der Waals surface area contributed by atoms with Gasteiger partial charge in [-0.2, -0.15) is 0 Å². The largest absolute Gasteiger partial charge is 0.349 e. The summed E-state index contributed by atoms with van der Waals surface area (Å²) in [6.07, 6.45) is 0. The molecule has 1 N–H and O–H groups in total. The highest BCUT2D eigenvalue weighted by Crippen LogP contribution is 2.18. The maximum Gasteiger partial charge on any atom is 0.270 e. The van der Waals surface area contributed by atoms with Gasteiger partial charge in [-0.25, -0.2) is 9.37 Å². The van der Waals surface area contributed by atoms with E-state index in [-0.39, 0.29) is 30.1 Å². The lowest BCUT2D eigenvalue weighted by atomic mass is 10.1. The van der Waals surface area contributed by atoms with Crippen molar-refractivity contribution in [2.75, 3.05) is 0 Å². The van der Waals surface area contributed by atoms with Crippen LogP contribution in [0.4, 0.5) is 4.39 Å². The number of carbonyl (C=O) groups is 2. The molecule has 2 aromatic rings. The van der Waals surface area contributed by atoms with Crippen molar-refractivity contribution in [3.05, 3.63) is 51.7 Å². The minimum Gasteiger partial charge on any atom is -0.349 e. The van der Waals surface area contributed by atoms with Crippen molar-refractivity contribution in [3.63, 3.8) is 0 Å². The Labute approximate surface area is 150 Å². The number of carbonyl (C=O) groups excluding carboxylic acids is 2. The second-order valence-corrected chi connectivity index (χ2v) is 7.20. The summed E-state index contributed by atoms with van der Waals surface area (Å²) in [6, 6.07) is 5.80. The first kappa shape index (κ1) is 19.1. The highest BCUT2D eigenvalue weighted by Gasteiger charge is 2.23. The highest BCUT2D eigenvalue weighted by atomic mass is 32.1. The van der Waals surface area contributed by atoms with Gasteiger partial charge in [-0.05, 0) is 39.8 Å². The Balaban J connectivity index is 2.18. The third kappa shape index (κ3) is 4.85. The van der Waals surface area contributed by atoms with Crippen LogP contribution in [0, 0.1) is 5.82 Å². The zero-order chi connectivity index (χ0) is 18.6. The van der Waals surface area contributed by atoms with Crippen LogP contribution in [0.25, 0.3) is 0 Å². The fourth-order valence-electron chi connectivity index (χ4n) is 2.25. The second kappa shape index (κ2) is 8.20. The smallest absolute Gasteiger partial charge is 0.270 e. The van der Waals surface area contributed by atoms with Crippen LogP contribution >= 0.6 is 11.3 Å². The Bertz CT molecular complexity index is 758. The third-order valence-corrected chi connectivity index (χ3v) is 4.33. The molecule has 0 unspecified atom stereocenters. The van der Waals surface area contributed by atoms with E-state index in [0.717, 1.165) is 0 Å². The number of hydrogen-bond donors (Lipinski definition) is 1. The molecule has 1 heterocycles. The van der Waals surface area contributed by atoms with Gasteiger partial charge in [0.25, 0.3) is 11.8 Å². The molecular formula is C18H22FN3O2S. The predicted octanol–water partition coefficient (Wildman–Crippen LogP) is 3.47. The van der Waals surface area contributed by atoms with Crippen molar-refractivity contribution in [2.45, 2.75) is 46.3 Å². The van der Waals surface area contributed by atoms with Crippen molar-refractivity contribution < 1.29 is 14.0 Å². The molecule has 0 saturated carbocycles. The van der Waals surface area contributed by atoms with Crippen molar-refractivity contribution in [1.29, 1.82) is 0 Å². The van der Waals surface area contributed by atoms with E-state index in [1.54, 1.807) is 22.4 Å². The lowest BCUT2D eigenvalue weighted by Gasteiger charge is -2.26. The van der Waals surface area contributed by atoms with E-state index in [0.29, 0.717) is 10.7 Å². The van der Waals surface area contributed by atoms with Gasteiger partial charge in [-0.3, -0.25) is 9.59 Å². The van der Waals surface area contributed by atoms with Gasteiger partial charge in [0.1, 0.15) is 16.5 Å². The van der Waals surface area contributed by atoms with Crippen LogP contribution in [-0.2, 0) is 6.54 Å². The number of thiazole rings is 1. The fourth-order valence-corrected chi connectivity index (χ4v) is 3.02. The lowest BCUT2D eigenvalue weighted by Crippen LogP contribution is -2.37. The summed E-state index contributed by atoms with van der Waals surface area (Å²) >= 11 is 1.31. The van der Waals surface area contributed by atoms with Crippen LogP contribution in [0.1, 0.15) is 53.5 Å². The molecule has 25 heavy (non-hydrogen) atoms. The first-order chi connectivity index (χ1) is 11.8. The number of amides is 2. The van der Waals surface area contributed by atoms with Crippen LogP contribution in [0.15, 0.2) is 29.6 Å². The Morgan fingerprint density at radius 3 is 2.52 bits per heavy atom. The summed E-state index contributed by atoms with van der Waals surface area (Å²) in [6.45, 7) is 7.69. The van der Waals surface area contributed by atoms with Gasteiger partial charge < -0.3 is 10.2 Å². The van der Waals surface area contributed by atoms with Crippen molar-refractivity contribution >= 4 is 23.2 Å². The first-order valence-corrected chi connectivity index (χ1v) is 8.98. The average Bonchev–Trinajstić information content (AvgIpc) is 3.00. The molecule has 0 aliphatic rings. The van der Waals surface area contributed by atoms with Crippen molar-refractivity contribution in [1.82, 2.24) is 15.2 Å². The van der Waals surface area contributed by atoms with E-state index in [9.17, 15) is 14.0 Å². The summed E-state index contributed by atoms with van der Waals surface area (Å²) in [7, 11) is 0. The van der Waals surface area contributed by atoms with E-state index >= 15 is 0 Å². The molecule has 134 valence electrons. The molecule has 0 atom stereocenters. The summed E-state index contributed by atoms with van der Waals surface area (Å²) < 4.78 is 13.9. The molecule has 2 amide bonds. The molecular weight excluding hydrogens is 341 g/mol. The third-order valence-electron chi connectivity index (χ3n) is 3.50. The molecule has 2 rings (SSSR count). The van der Waals surface area contributed by atoms with Crippen LogP contribution < -0.4 is 5.32 Å². The van der Waals surface area contributed by atoms with Crippen LogP contribution in [-0.4, -0.2) is 33.8 Å². The lowest BCUT2D eigenvalue weighted by molar-refractivity contribution is 0.0685. The topological polar surface area (TPSA) is 62.3 Å². The van der Waals surface area contributed by atoms with Crippen LogP contribution in [0.3, 0.4) is 0 Å². The van der Waals surface area contributed by atoms with Gasteiger partial charge in [0.2, 0.25) is 0 Å². The highest BCUT2D eigenvalue weighted by molar-refractivity contribution is 7.09. The Hall–Kier alpha value is -2.28. The predicted molar refractivity (Wildman–Crippen MR) is 96.1 cm³/mol. The molecule has 7 heteroatoms. The quantitative estimate of drug-likeness (QED) is 0.855. The summed E-state index contributed by atoms with van der Waals surface area (Å²) in [5.74, 6) is -1.18. The van der Waals surface area contributed by atoms with E-state index in [2.05, 4.69) is 10.3 Å². The standard InChI is InChI=1S/C18H22FN3O2S/c1-11(2)20-17(23)15-10-25-16(21-15)9-22(12(3)4)18(24)13-7-5-6-8-14(13)19/h5-8,10-12H,9H2,1-4H3,(H,20,23). The Kier molecular flexibility index (Phi) is 6.25. The fraction of sp³-hybridized carbons (Fsp3) is 0.389. The number of aromatic nitrogens is 1. The number of nitrogens with one attached hydrogen (secondary N) is 1. The molecule has 0 radical (unpaired) electrons. The van der Waals surface area contributed by atoms with Gasteiger partial charge in [-0.15, -0.1) is 11.3 Å². The molecule has 5 nitrogen and oxygen atoms in total. The maximum atomic E-state index is 13.9. The van der Waals surface area contributed by atoms with Gasteiger partial charge in [0.15, 0.2) is 0 Å². The number of rotatable bonds is 6. The molecule has 0 bridgehead atoms. The Morgan fingerprint density at radius 2 is 1.92 bits per heavy atom. The summed E-state index contributed by atoms with van der Waals surface area (Å²) in [5.41, 5.74) is 0.362. The van der Waals surface area contributed by atoms with Crippen LogP contribution in [0.5, 0.6) is 0 Å². The van der Waals surface area contributed by atoms with Gasteiger partial charge in [0.05, 0.1) is 12.1 Å². The zero-order valence-corrected chi connectivity index (χ0v) is 15.6. The zero-order valence-electron chi connectivity index (χ0n) is 14.7. The Morgan fingerprint density at radius 1 is 1.24 bits per heavy atom. The average molecular weight is 363 g/mol. The number of hydrogen-bond acceptors (Lipinski definition) is 4. The van der Waals surface area contributed by atoms with Gasteiger partial charge >= 0.3 is 0 Å². The molecule has 0 fully saturated rings. The van der Waals surface area contributed by atoms with Crippen molar-refractivity contribution in [3.8, 4) is 0 Å². The summed E-state index contributed by atoms with van der Waals surface area (Å²) in [4.78, 5) is 30.5. The maximum absolute atomic E-state index is 13.9. The van der Waals surface area contributed by atoms with E-state index in [1.807, 2.05) is 27.7 Å². The molecule has 1 aromatic heterocycles. The molecule has 0 aliphatic heterocycles. The minimum absolute atomic E-state index is 0.0208. The van der Waals surface area contributed by atoms with Gasteiger partial charge in [0, 0.05) is 17.5 Å². The second-order valence-electron chi connectivity index (χ2n) is 6.26. The molecule has 0 spiro atoms. The first-order valence-electron chi connectivity index (χ1n) is 8.10. The number of halogens is 1. The summed E-state index contributed by atoms with van der Waals surface area (Å²) in [5, 5.41) is 5.08. The van der Waals surface area contributed by atoms with Crippen molar-refractivity contribution in [2.24, 2.45) is 0 Å². The molecule has 1 aromatic carbocycles. The number of nitrogens with zero attached hydrogens (tertiary/aromatic N) is 2. The van der Waals surface area contributed by atoms with E-state index < -0.39 is 11.7 Å². The van der Waals surface area contributed by atoms with E-state index in [1.165, 1.54) is 23.5 Å². The molecule has 0 saturated heterocycles. The number of benzene rings is 1. The monoisotopic (exact) mass is 363 g/mol. The normalized spacial score (nSPS) is 11.0. The van der Waals surface area contributed by atoms with Crippen LogP contribution in [0.2, 0.25) is 0 Å². The molecule has 0 aliphatic carbocycles.